The maximum Gasteiger partial charge on any atom is 0.333 e. The summed E-state index contributed by atoms with van der Waals surface area (Å²) in [4.78, 5) is 23.5. The van der Waals surface area contributed by atoms with Crippen LogP contribution in [-0.2, 0) is 9.53 Å². The van der Waals surface area contributed by atoms with Crippen molar-refractivity contribution >= 4 is 11.8 Å². The molecule has 1 rings (SSSR count). The third-order valence-corrected chi connectivity index (χ3v) is 2.21. The predicted molar refractivity (Wildman–Crippen MR) is 60.0 cm³/mol. The van der Waals surface area contributed by atoms with Gasteiger partial charge in [0.2, 0.25) is 0 Å². The van der Waals surface area contributed by atoms with Crippen LogP contribution in [0.1, 0.15) is 24.2 Å². The summed E-state index contributed by atoms with van der Waals surface area (Å²) in [6, 6.07) is 8.46. The van der Waals surface area contributed by atoms with Gasteiger partial charge in [0.1, 0.15) is 0 Å². The van der Waals surface area contributed by atoms with Crippen molar-refractivity contribution in [1.82, 2.24) is 0 Å². The molecule has 0 aliphatic rings. The summed E-state index contributed by atoms with van der Waals surface area (Å²) in [6.07, 6.45) is 0. The lowest BCUT2D eigenvalue weighted by Crippen LogP contribution is -2.53. The van der Waals surface area contributed by atoms with E-state index in [1.165, 1.54) is 6.92 Å². The minimum Gasteiger partial charge on any atom is -0.464 e. The molecule has 0 bridgehead atoms. The number of benzene rings is 1. The molecule has 0 heterocycles. The van der Waals surface area contributed by atoms with Gasteiger partial charge in [0.15, 0.2) is 11.3 Å². The monoisotopic (exact) mass is 221 g/mol. The Bertz CT molecular complexity index is 385. The molecule has 0 spiro atoms. The van der Waals surface area contributed by atoms with Gasteiger partial charge in [-0.05, 0) is 13.8 Å². The van der Waals surface area contributed by atoms with Crippen molar-refractivity contribution in [2.75, 3.05) is 6.61 Å². The zero-order chi connectivity index (χ0) is 12.2. The molecule has 0 saturated carbocycles. The average molecular weight is 221 g/mol. The summed E-state index contributed by atoms with van der Waals surface area (Å²) in [5.74, 6) is -1.14. The van der Waals surface area contributed by atoms with Gasteiger partial charge < -0.3 is 10.5 Å². The molecule has 1 atom stereocenters. The van der Waals surface area contributed by atoms with Gasteiger partial charge in [0.25, 0.3) is 0 Å². The number of hydrogen-bond acceptors (Lipinski definition) is 4. The van der Waals surface area contributed by atoms with Crippen molar-refractivity contribution in [2.45, 2.75) is 19.4 Å². The second-order valence-electron chi connectivity index (χ2n) is 3.62. The van der Waals surface area contributed by atoms with Crippen molar-refractivity contribution < 1.29 is 14.3 Å². The molecule has 2 N–H and O–H groups in total. The Hall–Kier alpha value is -1.68. The van der Waals surface area contributed by atoms with Crippen LogP contribution in [-0.4, -0.2) is 23.9 Å². The first-order chi connectivity index (χ1) is 7.50. The minimum atomic E-state index is -1.63. The molecule has 0 radical (unpaired) electrons. The van der Waals surface area contributed by atoms with Crippen molar-refractivity contribution in [3.8, 4) is 0 Å². The van der Waals surface area contributed by atoms with E-state index in [2.05, 4.69) is 0 Å². The largest absolute Gasteiger partial charge is 0.464 e. The number of ether oxygens (including phenoxy) is 1. The number of ketones is 1. The van der Waals surface area contributed by atoms with Crippen LogP contribution in [0.2, 0.25) is 0 Å². The quantitative estimate of drug-likeness (QED) is 0.470. The fourth-order valence-corrected chi connectivity index (χ4v) is 1.26. The van der Waals surface area contributed by atoms with Crippen LogP contribution in [0.15, 0.2) is 30.3 Å². The maximum atomic E-state index is 12.0. The highest BCUT2D eigenvalue weighted by atomic mass is 16.5. The Labute approximate surface area is 94.4 Å². The number of carbonyl (C=O) groups is 2. The highest BCUT2D eigenvalue weighted by Gasteiger charge is 2.38. The zero-order valence-corrected chi connectivity index (χ0v) is 9.40. The summed E-state index contributed by atoms with van der Waals surface area (Å²) in [7, 11) is 0. The fourth-order valence-electron chi connectivity index (χ4n) is 1.26. The number of esters is 1. The molecule has 0 saturated heterocycles. The van der Waals surface area contributed by atoms with E-state index in [0.29, 0.717) is 5.56 Å². The SMILES string of the molecule is CCOC(=O)C(C)(N)C(=O)c1ccccc1. The summed E-state index contributed by atoms with van der Waals surface area (Å²) in [5, 5.41) is 0. The van der Waals surface area contributed by atoms with E-state index in [0.717, 1.165) is 0 Å². The zero-order valence-electron chi connectivity index (χ0n) is 9.40. The van der Waals surface area contributed by atoms with E-state index in [9.17, 15) is 9.59 Å². The van der Waals surface area contributed by atoms with Crippen LogP contribution in [0.4, 0.5) is 0 Å². The fraction of sp³-hybridized carbons (Fsp3) is 0.333. The van der Waals surface area contributed by atoms with Crippen molar-refractivity contribution in [1.29, 1.82) is 0 Å². The van der Waals surface area contributed by atoms with Gasteiger partial charge in [-0.15, -0.1) is 0 Å². The van der Waals surface area contributed by atoms with Crippen molar-refractivity contribution in [3.05, 3.63) is 35.9 Å². The van der Waals surface area contributed by atoms with Crippen LogP contribution in [0, 0.1) is 0 Å². The minimum absolute atomic E-state index is 0.202. The van der Waals surface area contributed by atoms with Gasteiger partial charge in [-0.1, -0.05) is 30.3 Å². The lowest BCUT2D eigenvalue weighted by molar-refractivity contribution is -0.146. The van der Waals surface area contributed by atoms with Gasteiger partial charge in [0, 0.05) is 5.56 Å². The molecule has 4 nitrogen and oxygen atoms in total. The molecule has 4 heteroatoms. The first kappa shape index (κ1) is 12.4. The third kappa shape index (κ3) is 2.46. The van der Waals surface area contributed by atoms with Gasteiger partial charge in [-0.25, -0.2) is 4.79 Å². The normalized spacial score (nSPS) is 13.9. The highest BCUT2D eigenvalue weighted by Crippen LogP contribution is 2.12. The number of Topliss-reactive ketones (excluding diaryl/α,β-unsaturated/α-hetero) is 1. The topological polar surface area (TPSA) is 69.4 Å². The molecule has 1 unspecified atom stereocenters. The Morgan fingerprint density at radius 2 is 1.88 bits per heavy atom. The second-order valence-corrected chi connectivity index (χ2v) is 3.62. The summed E-state index contributed by atoms with van der Waals surface area (Å²) in [6.45, 7) is 3.23. The van der Waals surface area contributed by atoms with E-state index in [1.54, 1.807) is 37.3 Å². The molecule has 86 valence electrons. The van der Waals surface area contributed by atoms with E-state index >= 15 is 0 Å². The number of hydrogen-bond donors (Lipinski definition) is 1. The van der Waals surface area contributed by atoms with E-state index in [1.807, 2.05) is 0 Å². The molecule has 16 heavy (non-hydrogen) atoms. The van der Waals surface area contributed by atoms with Gasteiger partial charge in [-0.3, -0.25) is 4.79 Å². The molecule has 0 aliphatic heterocycles. The smallest absolute Gasteiger partial charge is 0.333 e. The average Bonchev–Trinajstić information content (AvgIpc) is 2.29. The predicted octanol–water partition coefficient (Wildman–Crippen LogP) is 1.15. The molecule has 0 aliphatic carbocycles. The first-order valence-corrected chi connectivity index (χ1v) is 5.06. The molecule has 0 amide bonds. The van der Waals surface area contributed by atoms with E-state index in [4.69, 9.17) is 10.5 Å². The lowest BCUT2D eigenvalue weighted by atomic mass is 9.92. The van der Waals surface area contributed by atoms with Crippen LogP contribution in [0.3, 0.4) is 0 Å². The third-order valence-electron chi connectivity index (χ3n) is 2.21. The Kier molecular flexibility index (Phi) is 3.79. The van der Waals surface area contributed by atoms with Crippen molar-refractivity contribution in [2.24, 2.45) is 5.73 Å². The first-order valence-electron chi connectivity index (χ1n) is 5.06. The van der Waals surface area contributed by atoms with E-state index < -0.39 is 17.3 Å². The summed E-state index contributed by atoms with van der Waals surface area (Å²) in [5.41, 5.74) is 4.47. The van der Waals surface area contributed by atoms with Crippen LogP contribution < -0.4 is 5.73 Å². The van der Waals surface area contributed by atoms with Crippen LogP contribution in [0.5, 0.6) is 0 Å². The Balaban J connectivity index is 2.92. The molecular formula is C12H15NO3. The van der Waals surface area contributed by atoms with Gasteiger partial charge >= 0.3 is 5.97 Å². The van der Waals surface area contributed by atoms with Gasteiger partial charge in [0.05, 0.1) is 6.61 Å². The Morgan fingerprint density at radius 3 is 2.38 bits per heavy atom. The molecule has 0 fully saturated rings. The van der Waals surface area contributed by atoms with Crippen LogP contribution >= 0.6 is 0 Å². The lowest BCUT2D eigenvalue weighted by Gasteiger charge is -2.20. The summed E-state index contributed by atoms with van der Waals surface area (Å²) >= 11 is 0. The van der Waals surface area contributed by atoms with Gasteiger partial charge in [-0.2, -0.15) is 0 Å². The number of nitrogens with two attached hydrogens (primary N) is 1. The van der Waals surface area contributed by atoms with Crippen molar-refractivity contribution in [3.63, 3.8) is 0 Å². The second kappa shape index (κ2) is 4.90. The molecular weight excluding hydrogens is 206 g/mol. The molecule has 1 aromatic rings. The molecule has 1 aromatic carbocycles. The molecule has 0 aromatic heterocycles. The highest BCUT2D eigenvalue weighted by molar-refractivity contribution is 6.15. The summed E-state index contributed by atoms with van der Waals surface area (Å²) < 4.78 is 4.76. The number of carbonyl (C=O) groups excluding carboxylic acids is 2. The number of rotatable bonds is 4. The van der Waals surface area contributed by atoms with Crippen LogP contribution in [0.25, 0.3) is 0 Å². The standard InChI is InChI=1S/C12H15NO3/c1-3-16-11(15)12(2,13)10(14)9-7-5-4-6-8-9/h4-8H,3,13H2,1-2H3. The Morgan fingerprint density at radius 1 is 1.31 bits per heavy atom. The maximum absolute atomic E-state index is 12.0. The van der Waals surface area contributed by atoms with E-state index in [-0.39, 0.29) is 6.61 Å².